The van der Waals surface area contributed by atoms with Gasteiger partial charge in [0.1, 0.15) is 0 Å². The molecule has 0 bridgehead atoms. The van der Waals surface area contributed by atoms with E-state index >= 15 is 0 Å². The predicted molar refractivity (Wildman–Crippen MR) is 50.0 cm³/mol. The van der Waals surface area contributed by atoms with Crippen molar-refractivity contribution in [3.8, 4) is 0 Å². The first-order valence-electron chi connectivity index (χ1n) is 4.96. The van der Waals surface area contributed by atoms with E-state index in [2.05, 4.69) is 17.2 Å². The number of aromatic nitrogens is 3. The largest absolute Gasteiger partial charge is 0.325 e. The third kappa shape index (κ3) is 1.72. The van der Waals surface area contributed by atoms with Gasteiger partial charge in [0.15, 0.2) is 0 Å². The predicted octanol–water partition coefficient (Wildman–Crippen LogP) is 0.709. The quantitative estimate of drug-likeness (QED) is 0.742. The monoisotopic (exact) mass is 180 g/mol. The van der Waals surface area contributed by atoms with Crippen molar-refractivity contribution in [2.45, 2.75) is 39.3 Å². The Morgan fingerprint density at radius 2 is 2.31 bits per heavy atom. The van der Waals surface area contributed by atoms with Gasteiger partial charge >= 0.3 is 0 Å². The average Bonchev–Trinajstić information content (AvgIpc) is 2.85. The molecule has 72 valence electrons. The van der Waals surface area contributed by atoms with E-state index in [-0.39, 0.29) is 0 Å². The van der Waals surface area contributed by atoms with Crippen LogP contribution < -0.4 is 5.73 Å². The molecule has 1 heterocycles. The molecule has 1 aromatic heterocycles. The fraction of sp³-hybridized carbons (Fsp3) is 0.778. The zero-order valence-electron chi connectivity index (χ0n) is 8.03. The Labute approximate surface area is 78.1 Å². The Bertz CT molecular complexity index is 288. The van der Waals surface area contributed by atoms with Gasteiger partial charge in [0.25, 0.3) is 0 Å². The molecule has 4 nitrogen and oxygen atoms in total. The molecule has 2 rings (SSSR count). The summed E-state index contributed by atoms with van der Waals surface area (Å²) in [5.41, 5.74) is 7.75. The molecule has 0 aromatic carbocycles. The van der Waals surface area contributed by atoms with Crippen molar-refractivity contribution >= 4 is 0 Å². The second-order valence-electron chi connectivity index (χ2n) is 3.67. The summed E-state index contributed by atoms with van der Waals surface area (Å²) < 4.78 is 2.03. The van der Waals surface area contributed by atoms with Crippen molar-refractivity contribution in [2.24, 2.45) is 11.7 Å². The lowest BCUT2D eigenvalue weighted by Crippen LogP contribution is -2.08. The van der Waals surface area contributed by atoms with Crippen molar-refractivity contribution in [3.05, 3.63) is 11.4 Å². The molecule has 0 unspecified atom stereocenters. The van der Waals surface area contributed by atoms with Crippen LogP contribution in [0.1, 0.15) is 31.2 Å². The minimum Gasteiger partial charge on any atom is -0.325 e. The van der Waals surface area contributed by atoms with E-state index in [0.717, 1.165) is 24.6 Å². The first-order chi connectivity index (χ1) is 6.35. The van der Waals surface area contributed by atoms with Crippen LogP contribution in [0.15, 0.2) is 0 Å². The van der Waals surface area contributed by atoms with Gasteiger partial charge in [-0.25, -0.2) is 4.68 Å². The molecule has 0 spiro atoms. The Morgan fingerprint density at radius 3 is 2.85 bits per heavy atom. The summed E-state index contributed by atoms with van der Waals surface area (Å²) >= 11 is 0. The van der Waals surface area contributed by atoms with Crippen LogP contribution in [-0.2, 0) is 19.5 Å². The maximum Gasteiger partial charge on any atom is 0.0994 e. The van der Waals surface area contributed by atoms with Crippen molar-refractivity contribution in [1.82, 2.24) is 15.0 Å². The van der Waals surface area contributed by atoms with Gasteiger partial charge in [0, 0.05) is 13.1 Å². The summed E-state index contributed by atoms with van der Waals surface area (Å²) in [4.78, 5) is 0. The fourth-order valence-electron chi connectivity index (χ4n) is 1.61. The highest BCUT2D eigenvalue weighted by Crippen LogP contribution is 2.30. The minimum absolute atomic E-state index is 0.508. The normalized spacial score (nSPS) is 16.5. The highest BCUT2D eigenvalue weighted by atomic mass is 15.4. The molecule has 1 aliphatic carbocycles. The second kappa shape index (κ2) is 3.46. The first-order valence-corrected chi connectivity index (χ1v) is 4.96. The highest BCUT2D eigenvalue weighted by molar-refractivity contribution is 5.09. The standard InChI is InChI=1S/C9H16N4/c1-2-9-8(5-10)11-12-13(9)6-7-3-4-7/h7H,2-6,10H2,1H3. The molecule has 0 atom stereocenters. The van der Waals surface area contributed by atoms with Crippen LogP contribution in [0, 0.1) is 5.92 Å². The summed E-state index contributed by atoms with van der Waals surface area (Å²) in [5.74, 6) is 0.845. The highest BCUT2D eigenvalue weighted by Gasteiger charge is 2.23. The third-order valence-corrected chi connectivity index (χ3v) is 2.57. The number of rotatable bonds is 4. The lowest BCUT2D eigenvalue weighted by molar-refractivity contribution is 0.526. The molecule has 2 N–H and O–H groups in total. The summed E-state index contributed by atoms with van der Waals surface area (Å²) in [7, 11) is 0. The van der Waals surface area contributed by atoms with Gasteiger partial charge in [-0.1, -0.05) is 12.1 Å². The molecule has 4 heteroatoms. The van der Waals surface area contributed by atoms with Gasteiger partial charge in [0.05, 0.1) is 11.4 Å². The number of hydrogen-bond donors (Lipinski definition) is 1. The fourth-order valence-corrected chi connectivity index (χ4v) is 1.61. The van der Waals surface area contributed by atoms with Crippen LogP contribution in [0.4, 0.5) is 0 Å². The zero-order chi connectivity index (χ0) is 9.26. The summed E-state index contributed by atoms with van der Waals surface area (Å²) in [6.07, 6.45) is 3.67. The van der Waals surface area contributed by atoms with E-state index in [1.807, 2.05) is 4.68 Å². The maximum absolute atomic E-state index is 5.57. The summed E-state index contributed by atoms with van der Waals surface area (Å²) in [6.45, 7) is 3.67. The van der Waals surface area contributed by atoms with Crippen LogP contribution in [-0.4, -0.2) is 15.0 Å². The van der Waals surface area contributed by atoms with Crippen LogP contribution in [0.25, 0.3) is 0 Å². The molecule has 0 saturated heterocycles. The van der Waals surface area contributed by atoms with Gasteiger partial charge in [0.2, 0.25) is 0 Å². The van der Waals surface area contributed by atoms with Crippen molar-refractivity contribution < 1.29 is 0 Å². The van der Waals surface area contributed by atoms with Crippen LogP contribution in [0.3, 0.4) is 0 Å². The molecule has 0 radical (unpaired) electrons. The Morgan fingerprint density at radius 1 is 1.54 bits per heavy atom. The molecular weight excluding hydrogens is 164 g/mol. The van der Waals surface area contributed by atoms with E-state index in [1.165, 1.54) is 18.5 Å². The molecule has 0 amide bonds. The molecular formula is C9H16N4. The molecule has 1 aliphatic rings. The first kappa shape index (κ1) is 8.69. The summed E-state index contributed by atoms with van der Waals surface area (Å²) in [6, 6.07) is 0. The van der Waals surface area contributed by atoms with Gasteiger partial charge in [-0.15, -0.1) is 5.10 Å². The van der Waals surface area contributed by atoms with E-state index < -0.39 is 0 Å². The van der Waals surface area contributed by atoms with Gasteiger partial charge in [-0.3, -0.25) is 0 Å². The molecule has 1 fully saturated rings. The van der Waals surface area contributed by atoms with E-state index in [4.69, 9.17) is 5.73 Å². The minimum atomic E-state index is 0.508. The Balaban J connectivity index is 2.17. The average molecular weight is 180 g/mol. The molecule has 0 aliphatic heterocycles. The van der Waals surface area contributed by atoms with Gasteiger partial charge < -0.3 is 5.73 Å². The smallest absolute Gasteiger partial charge is 0.0994 e. The molecule has 13 heavy (non-hydrogen) atoms. The number of nitrogens with zero attached hydrogens (tertiary/aromatic N) is 3. The lowest BCUT2D eigenvalue weighted by atomic mass is 10.2. The van der Waals surface area contributed by atoms with Crippen molar-refractivity contribution in [3.63, 3.8) is 0 Å². The van der Waals surface area contributed by atoms with Gasteiger partial charge in [-0.2, -0.15) is 0 Å². The van der Waals surface area contributed by atoms with E-state index in [1.54, 1.807) is 0 Å². The molecule has 1 aromatic rings. The topological polar surface area (TPSA) is 56.7 Å². The van der Waals surface area contributed by atoms with E-state index in [9.17, 15) is 0 Å². The second-order valence-corrected chi connectivity index (χ2v) is 3.67. The van der Waals surface area contributed by atoms with Crippen molar-refractivity contribution in [1.29, 1.82) is 0 Å². The third-order valence-electron chi connectivity index (χ3n) is 2.57. The number of nitrogens with two attached hydrogens (primary N) is 1. The number of hydrogen-bond acceptors (Lipinski definition) is 3. The van der Waals surface area contributed by atoms with Crippen LogP contribution in [0.2, 0.25) is 0 Å². The maximum atomic E-state index is 5.57. The SMILES string of the molecule is CCc1c(CN)nnn1CC1CC1. The summed E-state index contributed by atoms with van der Waals surface area (Å²) in [5, 5.41) is 8.20. The lowest BCUT2D eigenvalue weighted by Gasteiger charge is -2.03. The van der Waals surface area contributed by atoms with E-state index in [0.29, 0.717) is 6.54 Å². The van der Waals surface area contributed by atoms with Gasteiger partial charge in [-0.05, 0) is 25.2 Å². The van der Waals surface area contributed by atoms with Crippen LogP contribution in [0.5, 0.6) is 0 Å². The molecule has 1 saturated carbocycles. The zero-order valence-corrected chi connectivity index (χ0v) is 8.03. The Kier molecular flexibility index (Phi) is 2.31. The van der Waals surface area contributed by atoms with Crippen molar-refractivity contribution in [2.75, 3.05) is 0 Å². The van der Waals surface area contributed by atoms with Crippen LogP contribution >= 0.6 is 0 Å². The Hall–Kier alpha value is -0.900.